The summed E-state index contributed by atoms with van der Waals surface area (Å²) in [4.78, 5) is 23.3. The lowest BCUT2D eigenvalue weighted by Crippen LogP contribution is -2.10. The summed E-state index contributed by atoms with van der Waals surface area (Å²) < 4.78 is 0. The van der Waals surface area contributed by atoms with Crippen LogP contribution in [0.3, 0.4) is 0 Å². The van der Waals surface area contributed by atoms with Crippen LogP contribution in [0, 0.1) is 41.5 Å². The van der Waals surface area contributed by atoms with E-state index >= 15 is 0 Å². The first-order chi connectivity index (χ1) is 14.1. The molecule has 0 spiro atoms. The number of hydrogen-bond acceptors (Lipinski definition) is 2. The summed E-state index contributed by atoms with van der Waals surface area (Å²) in [6.07, 6.45) is 0.921. The fraction of sp³-hybridized carbons (Fsp3) is 0.259. The van der Waals surface area contributed by atoms with Gasteiger partial charge in [-0.1, -0.05) is 65.7 Å². The zero-order valence-corrected chi connectivity index (χ0v) is 19.9. The van der Waals surface area contributed by atoms with Gasteiger partial charge in [-0.25, -0.2) is 0 Å². The third-order valence-corrected chi connectivity index (χ3v) is 7.10. The Hall–Kier alpha value is -2.57. The van der Waals surface area contributed by atoms with E-state index in [1.54, 1.807) is 0 Å². The Labute approximate surface area is 182 Å². The number of aldehydes is 1. The maximum atomic E-state index is 12.7. The van der Waals surface area contributed by atoms with Crippen LogP contribution in [0.2, 0.25) is 0 Å². The monoisotopic (exact) mass is 418 g/mol. The van der Waals surface area contributed by atoms with Gasteiger partial charge in [0.05, 0.1) is 0 Å². The lowest BCUT2D eigenvalue weighted by atomic mass is 10.0. The number of hydrogen-bond donors (Lipinski definition) is 0. The average Bonchev–Trinajstić information content (AvgIpc) is 2.67. The van der Waals surface area contributed by atoms with Crippen LogP contribution >= 0.6 is 7.92 Å². The Balaban J connectivity index is 0.000000248. The number of carbonyl (C=O) groups excluding carboxylic acids is 2. The standard InChI is InChI=1S/C17H19OP.C10H12O/c1-12-10-13(2)16(14(3)11-12)17(18)19(4)15-8-6-5-7-9-15;1-7-4-8(2)10(6-11)9(3)5-7/h5-11H,1-4H3;4-6H,1-3H3. The van der Waals surface area contributed by atoms with Crippen molar-refractivity contribution in [3.05, 3.63) is 99.1 Å². The molecule has 3 aromatic rings. The lowest BCUT2D eigenvalue weighted by molar-refractivity contribution is 0.108. The van der Waals surface area contributed by atoms with Crippen molar-refractivity contribution in [1.82, 2.24) is 0 Å². The average molecular weight is 419 g/mol. The molecular formula is C27H31O2P. The van der Waals surface area contributed by atoms with Gasteiger partial charge in [0.15, 0.2) is 11.8 Å². The van der Waals surface area contributed by atoms with Gasteiger partial charge < -0.3 is 0 Å². The third-order valence-electron chi connectivity index (χ3n) is 5.19. The molecule has 0 bridgehead atoms. The molecule has 0 amide bonds. The second-order valence-corrected chi connectivity index (χ2v) is 9.94. The number of carbonyl (C=O) groups is 2. The molecule has 0 aliphatic carbocycles. The SMILES string of the molecule is Cc1cc(C)c(C(=O)P(C)c2ccccc2)c(C)c1.Cc1cc(C)c(C=O)c(C)c1. The molecule has 156 valence electrons. The molecule has 3 rings (SSSR count). The number of aryl methyl sites for hydroxylation is 6. The second kappa shape index (κ2) is 10.5. The third kappa shape index (κ3) is 5.74. The molecule has 3 aromatic carbocycles. The molecule has 0 aliphatic rings. The van der Waals surface area contributed by atoms with E-state index in [0.717, 1.165) is 45.0 Å². The minimum Gasteiger partial charge on any atom is -0.298 e. The molecule has 0 aliphatic heterocycles. The predicted octanol–water partition coefficient (Wildman–Crippen LogP) is 6.61. The summed E-state index contributed by atoms with van der Waals surface area (Å²) in [6, 6.07) is 18.3. The first-order valence-corrected chi connectivity index (χ1v) is 11.9. The summed E-state index contributed by atoms with van der Waals surface area (Å²) in [5.41, 5.74) is 8.75. The minimum absolute atomic E-state index is 0.274. The molecule has 30 heavy (non-hydrogen) atoms. The van der Waals surface area contributed by atoms with Crippen LogP contribution in [0.1, 0.15) is 54.1 Å². The van der Waals surface area contributed by atoms with Gasteiger partial charge in [-0.05, 0) is 83.7 Å². The maximum Gasteiger partial charge on any atom is 0.188 e. The van der Waals surface area contributed by atoms with Crippen LogP contribution in [0.4, 0.5) is 0 Å². The van der Waals surface area contributed by atoms with Crippen molar-refractivity contribution in [3.8, 4) is 0 Å². The van der Waals surface area contributed by atoms with Gasteiger partial charge >= 0.3 is 0 Å². The Kier molecular flexibility index (Phi) is 8.26. The predicted molar refractivity (Wildman–Crippen MR) is 130 cm³/mol. The minimum atomic E-state index is -0.794. The van der Waals surface area contributed by atoms with Gasteiger partial charge in [0.1, 0.15) is 0 Å². The quantitative estimate of drug-likeness (QED) is 0.353. The molecule has 1 atom stereocenters. The van der Waals surface area contributed by atoms with E-state index in [9.17, 15) is 9.59 Å². The van der Waals surface area contributed by atoms with Gasteiger partial charge in [0.25, 0.3) is 0 Å². The van der Waals surface area contributed by atoms with E-state index in [1.165, 1.54) is 11.1 Å². The summed E-state index contributed by atoms with van der Waals surface area (Å²) in [7, 11) is -0.794. The van der Waals surface area contributed by atoms with Gasteiger partial charge in [0, 0.05) is 11.1 Å². The molecule has 2 nitrogen and oxygen atoms in total. The number of rotatable bonds is 4. The van der Waals surface area contributed by atoms with Crippen molar-refractivity contribution < 1.29 is 9.59 Å². The smallest absolute Gasteiger partial charge is 0.188 e. The van der Waals surface area contributed by atoms with Crippen molar-refractivity contribution in [1.29, 1.82) is 0 Å². The van der Waals surface area contributed by atoms with Crippen LogP contribution in [0.25, 0.3) is 0 Å². The molecule has 0 saturated carbocycles. The van der Waals surface area contributed by atoms with Crippen molar-refractivity contribution in [2.75, 3.05) is 6.66 Å². The van der Waals surface area contributed by atoms with Crippen LogP contribution in [-0.2, 0) is 0 Å². The van der Waals surface area contributed by atoms with Gasteiger partial charge in [0.2, 0.25) is 0 Å². The van der Waals surface area contributed by atoms with Crippen molar-refractivity contribution in [2.24, 2.45) is 0 Å². The van der Waals surface area contributed by atoms with Crippen LogP contribution in [-0.4, -0.2) is 18.5 Å². The fourth-order valence-corrected chi connectivity index (χ4v) is 5.37. The van der Waals surface area contributed by atoms with Gasteiger partial charge in [-0.2, -0.15) is 0 Å². The van der Waals surface area contributed by atoms with Crippen LogP contribution in [0.15, 0.2) is 54.6 Å². The number of benzene rings is 3. The largest absolute Gasteiger partial charge is 0.298 e. The van der Waals surface area contributed by atoms with E-state index in [2.05, 4.69) is 19.1 Å². The molecule has 0 radical (unpaired) electrons. The highest BCUT2D eigenvalue weighted by atomic mass is 31.1. The van der Waals surface area contributed by atoms with Crippen LogP contribution in [0.5, 0.6) is 0 Å². The van der Waals surface area contributed by atoms with E-state index in [1.807, 2.05) is 83.7 Å². The first-order valence-electron chi connectivity index (χ1n) is 10.1. The zero-order valence-electron chi connectivity index (χ0n) is 19.0. The Morgan fingerprint density at radius 3 is 1.60 bits per heavy atom. The van der Waals surface area contributed by atoms with E-state index in [-0.39, 0.29) is 5.52 Å². The molecule has 0 saturated heterocycles. The molecule has 1 unspecified atom stereocenters. The highest BCUT2D eigenvalue weighted by molar-refractivity contribution is 7.81. The highest BCUT2D eigenvalue weighted by Gasteiger charge is 2.20. The summed E-state index contributed by atoms with van der Waals surface area (Å²) in [6.45, 7) is 14.1. The molecule has 0 fully saturated rings. The summed E-state index contributed by atoms with van der Waals surface area (Å²) in [5, 5.41) is 1.14. The van der Waals surface area contributed by atoms with Crippen molar-refractivity contribution in [2.45, 2.75) is 41.5 Å². The summed E-state index contributed by atoms with van der Waals surface area (Å²) >= 11 is 0. The van der Waals surface area contributed by atoms with Crippen molar-refractivity contribution in [3.63, 3.8) is 0 Å². The molecule has 0 N–H and O–H groups in total. The molecular weight excluding hydrogens is 387 g/mol. The Bertz CT molecular complexity index is 1010. The molecule has 0 aromatic heterocycles. The highest BCUT2D eigenvalue weighted by Crippen LogP contribution is 2.36. The molecule has 0 heterocycles. The van der Waals surface area contributed by atoms with Crippen molar-refractivity contribution >= 4 is 25.0 Å². The van der Waals surface area contributed by atoms with E-state index < -0.39 is 7.92 Å². The second-order valence-electron chi connectivity index (χ2n) is 7.90. The zero-order chi connectivity index (χ0) is 22.4. The van der Waals surface area contributed by atoms with E-state index in [4.69, 9.17) is 0 Å². The summed E-state index contributed by atoms with van der Waals surface area (Å²) in [5.74, 6) is 0. The maximum absolute atomic E-state index is 12.7. The fourth-order valence-electron chi connectivity index (χ4n) is 3.83. The lowest BCUT2D eigenvalue weighted by Gasteiger charge is -2.15. The van der Waals surface area contributed by atoms with Crippen LogP contribution < -0.4 is 5.30 Å². The topological polar surface area (TPSA) is 34.1 Å². The van der Waals surface area contributed by atoms with E-state index in [0.29, 0.717) is 0 Å². The normalized spacial score (nSPS) is 11.3. The van der Waals surface area contributed by atoms with Gasteiger partial charge in [-0.3, -0.25) is 9.59 Å². The molecule has 3 heteroatoms. The Morgan fingerprint density at radius 2 is 1.17 bits per heavy atom. The first kappa shape index (κ1) is 23.7. The van der Waals surface area contributed by atoms with Gasteiger partial charge in [-0.15, -0.1) is 0 Å². The Morgan fingerprint density at radius 1 is 0.733 bits per heavy atom.